The van der Waals surface area contributed by atoms with Gasteiger partial charge >= 0.3 is 0 Å². The number of hydrogen-bond donors (Lipinski definition) is 0. The highest BCUT2D eigenvalue weighted by molar-refractivity contribution is 6.35. The Hall–Kier alpha value is -2.11. The van der Waals surface area contributed by atoms with Crippen molar-refractivity contribution in [3.8, 4) is 11.5 Å². The van der Waals surface area contributed by atoms with Crippen LogP contribution in [0.1, 0.15) is 10.4 Å². The maximum atomic E-state index is 12.8. The molecular formula is C19H20Cl2N2O3. The minimum absolute atomic E-state index is 0.0252. The zero-order valence-electron chi connectivity index (χ0n) is 14.7. The SMILES string of the molecule is COc1ccc(C(=O)N2CCN(c3cc(Cl)ccc3Cl)CC2)cc1OC. The smallest absolute Gasteiger partial charge is 0.254 e. The number of benzene rings is 2. The Morgan fingerprint density at radius 2 is 1.62 bits per heavy atom. The van der Waals surface area contributed by atoms with Gasteiger partial charge in [0.1, 0.15) is 0 Å². The van der Waals surface area contributed by atoms with Gasteiger partial charge in [0.2, 0.25) is 0 Å². The molecule has 0 N–H and O–H groups in total. The average molecular weight is 395 g/mol. The first kappa shape index (κ1) is 18.7. The fourth-order valence-electron chi connectivity index (χ4n) is 3.03. The lowest BCUT2D eigenvalue weighted by Crippen LogP contribution is -2.48. The van der Waals surface area contributed by atoms with Crippen molar-refractivity contribution in [3.05, 3.63) is 52.0 Å². The second-order valence-corrected chi connectivity index (χ2v) is 6.79. The quantitative estimate of drug-likeness (QED) is 0.786. The van der Waals surface area contributed by atoms with E-state index in [1.54, 1.807) is 44.6 Å². The van der Waals surface area contributed by atoms with Gasteiger partial charge in [0.05, 0.1) is 24.9 Å². The summed E-state index contributed by atoms with van der Waals surface area (Å²) in [6.45, 7) is 2.60. The Morgan fingerprint density at radius 3 is 2.27 bits per heavy atom. The number of ether oxygens (including phenoxy) is 2. The first-order valence-electron chi connectivity index (χ1n) is 8.25. The van der Waals surface area contributed by atoms with E-state index >= 15 is 0 Å². The molecule has 0 bridgehead atoms. The molecule has 0 saturated carbocycles. The summed E-state index contributed by atoms with van der Waals surface area (Å²) in [6, 6.07) is 10.6. The second-order valence-electron chi connectivity index (χ2n) is 5.94. The second kappa shape index (κ2) is 8.06. The molecule has 1 aliphatic rings. The number of rotatable bonds is 4. The molecule has 0 aromatic heterocycles. The van der Waals surface area contributed by atoms with E-state index in [4.69, 9.17) is 32.7 Å². The summed E-state index contributed by atoms with van der Waals surface area (Å²) >= 11 is 12.4. The minimum atomic E-state index is -0.0252. The van der Waals surface area contributed by atoms with Gasteiger partial charge in [-0.2, -0.15) is 0 Å². The van der Waals surface area contributed by atoms with Crippen molar-refractivity contribution in [1.29, 1.82) is 0 Å². The molecule has 1 fully saturated rings. The molecule has 0 atom stereocenters. The number of amides is 1. The molecule has 7 heteroatoms. The average Bonchev–Trinajstić information content (AvgIpc) is 2.68. The number of nitrogens with zero attached hydrogens (tertiary/aromatic N) is 2. The van der Waals surface area contributed by atoms with Crippen LogP contribution in [0.15, 0.2) is 36.4 Å². The molecule has 0 aliphatic carbocycles. The third-order valence-electron chi connectivity index (χ3n) is 4.45. The number of piperazine rings is 1. The normalized spacial score (nSPS) is 14.3. The standard InChI is InChI=1S/C19H20Cl2N2O3/c1-25-17-6-3-13(11-18(17)26-2)19(24)23-9-7-22(8-10-23)16-12-14(20)4-5-15(16)21/h3-6,11-12H,7-10H2,1-2H3. The van der Waals surface area contributed by atoms with Crippen LogP contribution >= 0.6 is 23.2 Å². The molecule has 3 rings (SSSR count). The summed E-state index contributed by atoms with van der Waals surface area (Å²) in [5.74, 6) is 1.12. The van der Waals surface area contributed by atoms with Crippen molar-refractivity contribution >= 4 is 34.8 Å². The van der Waals surface area contributed by atoms with E-state index in [1.807, 2.05) is 11.0 Å². The zero-order chi connectivity index (χ0) is 18.7. The summed E-state index contributed by atoms with van der Waals surface area (Å²) in [4.78, 5) is 16.8. The van der Waals surface area contributed by atoms with Gasteiger partial charge in [-0.15, -0.1) is 0 Å². The molecule has 26 heavy (non-hydrogen) atoms. The van der Waals surface area contributed by atoms with Gasteiger partial charge in [0, 0.05) is 36.8 Å². The molecular weight excluding hydrogens is 375 g/mol. The maximum Gasteiger partial charge on any atom is 0.254 e. The highest BCUT2D eigenvalue weighted by Gasteiger charge is 2.24. The molecule has 1 heterocycles. The Morgan fingerprint density at radius 1 is 0.923 bits per heavy atom. The molecule has 0 radical (unpaired) electrons. The van der Waals surface area contributed by atoms with E-state index in [9.17, 15) is 4.79 Å². The van der Waals surface area contributed by atoms with Crippen molar-refractivity contribution in [2.24, 2.45) is 0 Å². The highest BCUT2D eigenvalue weighted by atomic mass is 35.5. The fourth-order valence-corrected chi connectivity index (χ4v) is 3.43. The molecule has 138 valence electrons. The Bertz CT molecular complexity index is 805. The van der Waals surface area contributed by atoms with Gasteiger partial charge in [-0.25, -0.2) is 0 Å². The summed E-state index contributed by atoms with van der Waals surface area (Å²) < 4.78 is 10.5. The molecule has 2 aromatic carbocycles. The topological polar surface area (TPSA) is 42.0 Å². The Kier molecular flexibility index (Phi) is 5.79. The van der Waals surface area contributed by atoms with E-state index < -0.39 is 0 Å². The largest absolute Gasteiger partial charge is 0.493 e. The van der Waals surface area contributed by atoms with Crippen LogP contribution in [0.4, 0.5) is 5.69 Å². The number of halogens is 2. The van der Waals surface area contributed by atoms with Crippen molar-refractivity contribution < 1.29 is 14.3 Å². The van der Waals surface area contributed by atoms with E-state index in [0.29, 0.717) is 53.3 Å². The van der Waals surface area contributed by atoms with Crippen LogP contribution in [0, 0.1) is 0 Å². The monoisotopic (exact) mass is 394 g/mol. The number of hydrogen-bond acceptors (Lipinski definition) is 4. The fraction of sp³-hybridized carbons (Fsp3) is 0.316. The molecule has 5 nitrogen and oxygen atoms in total. The van der Waals surface area contributed by atoms with E-state index in [2.05, 4.69) is 4.90 Å². The number of carbonyl (C=O) groups excluding carboxylic acids is 1. The molecule has 1 saturated heterocycles. The van der Waals surface area contributed by atoms with Crippen molar-refractivity contribution in [2.75, 3.05) is 45.3 Å². The first-order chi connectivity index (χ1) is 12.5. The van der Waals surface area contributed by atoms with Gasteiger partial charge in [-0.3, -0.25) is 4.79 Å². The van der Waals surface area contributed by atoms with Crippen LogP contribution in [-0.2, 0) is 0 Å². The van der Waals surface area contributed by atoms with Crippen LogP contribution in [0.3, 0.4) is 0 Å². The predicted octanol–water partition coefficient (Wildman–Crippen LogP) is 3.97. The van der Waals surface area contributed by atoms with Gasteiger partial charge in [0.15, 0.2) is 11.5 Å². The van der Waals surface area contributed by atoms with Crippen LogP contribution in [-0.4, -0.2) is 51.2 Å². The minimum Gasteiger partial charge on any atom is -0.493 e. The summed E-state index contributed by atoms with van der Waals surface area (Å²) in [7, 11) is 3.12. The molecule has 0 spiro atoms. The van der Waals surface area contributed by atoms with E-state index in [-0.39, 0.29) is 5.91 Å². The lowest BCUT2D eigenvalue weighted by atomic mass is 10.1. The van der Waals surface area contributed by atoms with Gasteiger partial charge in [0.25, 0.3) is 5.91 Å². The van der Waals surface area contributed by atoms with Crippen LogP contribution in [0.2, 0.25) is 10.0 Å². The lowest BCUT2D eigenvalue weighted by molar-refractivity contribution is 0.0746. The van der Waals surface area contributed by atoms with Gasteiger partial charge < -0.3 is 19.3 Å². The van der Waals surface area contributed by atoms with Gasteiger partial charge in [-0.1, -0.05) is 23.2 Å². The number of anilines is 1. The zero-order valence-corrected chi connectivity index (χ0v) is 16.2. The van der Waals surface area contributed by atoms with E-state index in [1.165, 1.54) is 0 Å². The van der Waals surface area contributed by atoms with Gasteiger partial charge in [-0.05, 0) is 36.4 Å². The number of carbonyl (C=O) groups is 1. The molecule has 0 unspecified atom stereocenters. The Labute approximate surface area is 163 Å². The predicted molar refractivity (Wildman–Crippen MR) is 104 cm³/mol. The number of methoxy groups -OCH3 is 2. The van der Waals surface area contributed by atoms with Crippen LogP contribution in [0.25, 0.3) is 0 Å². The Balaban J connectivity index is 1.70. The maximum absolute atomic E-state index is 12.8. The highest BCUT2D eigenvalue weighted by Crippen LogP contribution is 2.31. The summed E-state index contributed by atoms with van der Waals surface area (Å²) in [6.07, 6.45) is 0. The van der Waals surface area contributed by atoms with E-state index in [0.717, 1.165) is 5.69 Å². The van der Waals surface area contributed by atoms with Crippen LogP contribution < -0.4 is 14.4 Å². The lowest BCUT2D eigenvalue weighted by Gasteiger charge is -2.36. The van der Waals surface area contributed by atoms with Crippen molar-refractivity contribution in [2.45, 2.75) is 0 Å². The van der Waals surface area contributed by atoms with Crippen molar-refractivity contribution in [1.82, 2.24) is 4.90 Å². The van der Waals surface area contributed by atoms with Crippen LogP contribution in [0.5, 0.6) is 11.5 Å². The summed E-state index contributed by atoms with van der Waals surface area (Å²) in [5, 5.41) is 1.31. The first-order valence-corrected chi connectivity index (χ1v) is 9.00. The third-order valence-corrected chi connectivity index (χ3v) is 5.00. The van der Waals surface area contributed by atoms with Crippen molar-refractivity contribution in [3.63, 3.8) is 0 Å². The third kappa shape index (κ3) is 3.84. The molecule has 2 aromatic rings. The molecule has 1 amide bonds. The molecule has 1 aliphatic heterocycles. The summed E-state index contributed by atoms with van der Waals surface area (Å²) in [5.41, 5.74) is 1.48.